The standard InChI is InChI=1S/C20H29F2N3O4S/c1-20(2,3)29-19(26)24-11-14(25-12-13(24)5-4-10-30(25,27)28)6-7-15-16(21)8-9-17(22)18(15)23/h8-9,13-14H,4-7,10-12,23H2,1-3H3/t13-,14+/m1/s1. The fourth-order valence-electron chi connectivity index (χ4n) is 4.08. The van der Waals surface area contributed by atoms with Crippen LogP contribution in [-0.2, 0) is 21.2 Å². The molecule has 1 aromatic carbocycles. The predicted molar refractivity (Wildman–Crippen MR) is 109 cm³/mol. The summed E-state index contributed by atoms with van der Waals surface area (Å²) in [6.45, 7) is 5.62. The van der Waals surface area contributed by atoms with Crippen molar-refractivity contribution in [2.75, 3.05) is 24.6 Å². The summed E-state index contributed by atoms with van der Waals surface area (Å²) >= 11 is 0. The number of rotatable bonds is 3. The van der Waals surface area contributed by atoms with Crippen molar-refractivity contribution in [3.05, 3.63) is 29.3 Å². The molecular weight excluding hydrogens is 416 g/mol. The second kappa shape index (κ2) is 8.30. The molecule has 0 aromatic heterocycles. The van der Waals surface area contributed by atoms with Crippen LogP contribution in [0.3, 0.4) is 0 Å². The Balaban J connectivity index is 1.85. The first kappa shape index (κ1) is 22.7. The molecular formula is C20H29F2N3O4S. The van der Waals surface area contributed by atoms with E-state index in [2.05, 4.69) is 0 Å². The number of hydrogen-bond acceptors (Lipinski definition) is 5. The Labute approximate surface area is 176 Å². The Kier molecular flexibility index (Phi) is 6.29. The number of nitrogen functional groups attached to an aromatic ring is 1. The molecule has 2 saturated heterocycles. The SMILES string of the molecule is CC(C)(C)OC(=O)N1C[C@H](CCc2c(F)ccc(F)c2N)N2C[C@H]1CCCS2(=O)=O. The minimum absolute atomic E-state index is 0.00137. The normalized spacial score (nSPS) is 26.2. The number of sulfonamides is 1. The van der Waals surface area contributed by atoms with Gasteiger partial charge in [-0.25, -0.2) is 22.0 Å². The molecule has 0 saturated carbocycles. The summed E-state index contributed by atoms with van der Waals surface area (Å²) in [5.41, 5.74) is 4.76. The van der Waals surface area contributed by atoms with Crippen molar-refractivity contribution in [1.29, 1.82) is 0 Å². The number of piperazine rings is 1. The lowest BCUT2D eigenvalue weighted by Crippen LogP contribution is -2.60. The molecule has 2 aliphatic rings. The molecule has 30 heavy (non-hydrogen) atoms. The Morgan fingerprint density at radius 3 is 2.57 bits per heavy atom. The van der Waals surface area contributed by atoms with Gasteiger partial charge < -0.3 is 15.4 Å². The third kappa shape index (κ3) is 4.85. The van der Waals surface area contributed by atoms with Gasteiger partial charge >= 0.3 is 6.09 Å². The van der Waals surface area contributed by atoms with Gasteiger partial charge in [-0.05, 0) is 58.6 Å². The van der Waals surface area contributed by atoms with Gasteiger partial charge in [0.2, 0.25) is 10.0 Å². The second-order valence-corrected chi connectivity index (χ2v) is 11.0. The summed E-state index contributed by atoms with van der Waals surface area (Å²) in [5.74, 6) is -1.35. The molecule has 0 spiro atoms. The molecule has 2 fully saturated rings. The number of nitrogens with two attached hydrogens (primary N) is 1. The average Bonchev–Trinajstić information content (AvgIpc) is 2.75. The Morgan fingerprint density at radius 1 is 1.23 bits per heavy atom. The number of nitrogens with zero attached hydrogens (tertiary/aromatic N) is 2. The summed E-state index contributed by atoms with van der Waals surface area (Å²) in [5, 5.41) is 0. The highest BCUT2D eigenvalue weighted by molar-refractivity contribution is 7.89. The summed E-state index contributed by atoms with van der Waals surface area (Å²) < 4.78 is 60.4. The number of carbonyl (C=O) groups is 1. The van der Waals surface area contributed by atoms with E-state index < -0.39 is 39.4 Å². The van der Waals surface area contributed by atoms with Gasteiger partial charge in [0.05, 0.1) is 11.4 Å². The maximum Gasteiger partial charge on any atom is 0.410 e. The van der Waals surface area contributed by atoms with E-state index in [0.717, 1.165) is 12.1 Å². The van der Waals surface area contributed by atoms with E-state index in [1.165, 1.54) is 4.31 Å². The van der Waals surface area contributed by atoms with Gasteiger partial charge in [0.1, 0.15) is 17.2 Å². The largest absolute Gasteiger partial charge is 0.444 e. The van der Waals surface area contributed by atoms with E-state index in [1.54, 1.807) is 25.7 Å². The third-order valence-electron chi connectivity index (χ3n) is 5.55. The summed E-state index contributed by atoms with van der Waals surface area (Å²) in [7, 11) is -3.50. The fourth-order valence-corrected chi connectivity index (χ4v) is 5.87. The molecule has 0 radical (unpaired) electrons. The lowest BCUT2D eigenvalue weighted by Gasteiger charge is -2.44. The number of anilines is 1. The van der Waals surface area contributed by atoms with Gasteiger partial charge in [0.15, 0.2) is 0 Å². The van der Waals surface area contributed by atoms with Gasteiger partial charge in [0, 0.05) is 30.7 Å². The first-order chi connectivity index (χ1) is 13.9. The van der Waals surface area contributed by atoms with Crippen molar-refractivity contribution in [3.63, 3.8) is 0 Å². The topological polar surface area (TPSA) is 92.9 Å². The zero-order valence-electron chi connectivity index (χ0n) is 17.5. The Hall–Kier alpha value is -1.94. The average molecular weight is 446 g/mol. The van der Waals surface area contributed by atoms with Crippen molar-refractivity contribution in [2.24, 2.45) is 0 Å². The van der Waals surface area contributed by atoms with Crippen LogP contribution in [-0.4, -0.2) is 60.2 Å². The van der Waals surface area contributed by atoms with Crippen LogP contribution < -0.4 is 5.73 Å². The number of halogens is 2. The smallest absolute Gasteiger partial charge is 0.410 e. The van der Waals surface area contributed by atoms with E-state index >= 15 is 0 Å². The minimum atomic E-state index is -3.50. The Bertz CT molecular complexity index is 917. The van der Waals surface area contributed by atoms with Crippen molar-refractivity contribution in [1.82, 2.24) is 9.21 Å². The summed E-state index contributed by atoms with van der Waals surface area (Å²) in [4.78, 5) is 14.3. The van der Waals surface area contributed by atoms with Crippen LogP contribution in [0, 0.1) is 11.6 Å². The molecule has 2 bridgehead atoms. The zero-order chi connectivity index (χ0) is 22.3. The van der Waals surface area contributed by atoms with Crippen molar-refractivity contribution < 1.29 is 26.7 Å². The first-order valence-electron chi connectivity index (χ1n) is 10.1. The summed E-state index contributed by atoms with van der Waals surface area (Å²) in [6, 6.07) is 1.12. The number of amides is 1. The lowest BCUT2D eigenvalue weighted by atomic mass is 9.99. The molecule has 1 unspecified atom stereocenters. The van der Waals surface area contributed by atoms with E-state index in [0.29, 0.717) is 12.8 Å². The molecule has 168 valence electrons. The van der Waals surface area contributed by atoms with Gasteiger partial charge in [0.25, 0.3) is 0 Å². The molecule has 2 aliphatic heterocycles. The van der Waals surface area contributed by atoms with Gasteiger partial charge in [-0.3, -0.25) is 0 Å². The van der Waals surface area contributed by atoms with E-state index in [-0.39, 0.29) is 49.0 Å². The second-order valence-electron chi connectivity index (χ2n) is 8.93. The number of carbonyl (C=O) groups excluding carboxylic acids is 1. The van der Waals surface area contributed by atoms with Crippen LogP contribution in [0.15, 0.2) is 12.1 Å². The highest BCUT2D eigenvalue weighted by Crippen LogP contribution is 2.31. The first-order valence-corrected chi connectivity index (χ1v) is 11.7. The Morgan fingerprint density at radius 2 is 1.90 bits per heavy atom. The highest BCUT2D eigenvalue weighted by Gasteiger charge is 2.44. The van der Waals surface area contributed by atoms with Crippen LogP contribution >= 0.6 is 0 Å². The monoisotopic (exact) mass is 445 g/mol. The van der Waals surface area contributed by atoms with Gasteiger partial charge in [-0.1, -0.05) is 0 Å². The molecule has 2 N–H and O–H groups in total. The zero-order valence-corrected chi connectivity index (χ0v) is 18.3. The van der Waals surface area contributed by atoms with Crippen LogP contribution in [0.4, 0.5) is 19.3 Å². The molecule has 7 nitrogen and oxygen atoms in total. The molecule has 1 aromatic rings. The molecule has 3 rings (SSSR count). The molecule has 1 amide bonds. The lowest BCUT2D eigenvalue weighted by molar-refractivity contribution is -0.00328. The summed E-state index contributed by atoms with van der Waals surface area (Å²) in [6.07, 6.45) is 0.774. The van der Waals surface area contributed by atoms with E-state index in [1.807, 2.05) is 0 Å². The number of hydrogen-bond donors (Lipinski definition) is 1. The molecule has 2 heterocycles. The van der Waals surface area contributed by atoms with Gasteiger partial charge in [-0.2, -0.15) is 4.31 Å². The maximum absolute atomic E-state index is 14.2. The van der Waals surface area contributed by atoms with Gasteiger partial charge in [-0.15, -0.1) is 0 Å². The predicted octanol–water partition coefficient (Wildman–Crippen LogP) is 2.89. The molecule has 0 aliphatic carbocycles. The fraction of sp³-hybridized carbons (Fsp3) is 0.650. The van der Waals surface area contributed by atoms with Crippen LogP contribution in [0.1, 0.15) is 45.6 Å². The van der Waals surface area contributed by atoms with Crippen LogP contribution in [0.5, 0.6) is 0 Å². The molecule has 10 heteroatoms. The number of benzene rings is 1. The van der Waals surface area contributed by atoms with Crippen molar-refractivity contribution in [3.8, 4) is 0 Å². The van der Waals surface area contributed by atoms with E-state index in [9.17, 15) is 22.0 Å². The number of ether oxygens (including phenoxy) is 1. The number of fused-ring (bicyclic) bond motifs is 2. The molecule has 3 atom stereocenters. The minimum Gasteiger partial charge on any atom is -0.444 e. The van der Waals surface area contributed by atoms with Crippen LogP contribution in [0.25, 0.3) is 0 Å². The highest BCUT2D eigenvalue weighted by atomic mass is 32.2. The van der Waals surface area contributed by atoms with E-state index in [4.69, 9.17) is 10.5 Å². The third-order valence-corrected chi connectivity index (χ3v) is 7.51. The van der Waals surface area contributed by atoms with Crippen molar-refractivity contribution in [2.45, 2.75) is 64.1 Å². The quantitative estimate of drug-likeness (QED) is 0.722. The van der Waals surface area contributed by atoms with Crippen LogP contribution in [0.2, 0.25) is 0 Å². The maximum atomic E-state index is 14.2. The van der Waals surface area contributed by atoms with Crippen molar-refractivity contribution >= 4 is 21.8 Å².